The van der Waals surface area contributed by atoms with Crippen LogP contribution in [0.5, 0.6) is 0 Å². The number of carbonyl (C=O) groups is 1. The summed E-state index contributed by atoms with van der Waals surface area (Å²) in [7, 11) is 0. The molecule has 0 bridgehead atoms. The summed E-state index contributed by atoms with van der Waals surface area (Å²) >= 11 is 0. The molecule has 0 saturated heterocycles. The van der Waals surface area contributed by atoms with Gasteiger partial charge in [0.2, 0.25) is 0 Å². The Hall–Kier alpha value is -1.19. The maximum Gasteiger partial charge on any atom is 0.190 e. The van der Waals surface area contributed by atoms with Gasteiger partial charge in [-0.2, -0.15) is 0 Å². The molecule has 0 spiro atoms. The zero-order valence-corrected chi connectivity index (χ0v) is 15.0. The van der Waals surface area contributed by atoms with Gasteiger partial charge in [-0.25, -0.2) is 0 Å². The molecule has 0 aromatic rings. The van der Waals surface area contributed by atoms with E-state index in [4.69, 9.17) is 0 Å². The lowest BCUT2D eigenvalue weighted by Crippen LogP contribution is -2.21. The molecule has 0 aromatic heterocycles. The van der Waals surface area contributed by atoms with Crippen LogP contribution in [0.15, 0.2) is 35.5 Å². The van der Waals surface area contributed by atoms with Crippen LogP contribution in [-0.4, -0.2) is 27.7 Å². The average Bonchev–Trinajstić information content (AvgIpc) is 2.94. The zero-order valence-electron chi connectivity index (χ0n) is 15.0. The number of ketones is 1. The van der Waals surface area contributed by atoms with Crippen LogP contribution in [0.3, 0.4) is 0 Å². The van der Waals surface area contributed by atoms with E-state index in [2.05, 4.69) is 13.8 Å². The molecular weight excluding hydrogens is 288 g/mol. The molecule has 128 valence electrons. The van der Waals surface area contributed by atoms with Gasteiger partial charge in [-0.05, 0) is 68.9 Å². The van der Waals surface area contributed by atoms with Gasteiger partial charge in [0.25, 0.3) is 0 Å². The van der Waals surface area contributed by atoms with Crippen LogP contribution in [0.4, 0.5) is 0 Å². The highest BCUT2D eigenvalue weighted by Crippen LogP contribution is 2.61. The lowest BCUT2D eigenvalue weighted by Gasteiger charge is -2.19. The van der Waals surface area contributed by atoms with E-state index >= 15 is 0 Å². The molecule has 23 heavy (non-hydrogen) atoms. The maximum atomic E-state index is 12.3. The molecule has 2 rings (SSSR count). The quantitative estimate of drug-likeness (QED) is 0.671. The molecule has 0 amide bonds. The lowest BCUT2D eigenvalue weighted by atomic mass is 9.94. The van der Waals surface area contributed by atoms with Crippen LogP contribution < -0.4 is 0 Å². The third-order valence-corrected chi connectivity index (χ3v) is 5.55. The highest BCUT2D eigenvalue weighted by atomic mass is 16.3. The third kappa shape index (κ3) is 4.21. The summed E-state index contributed by atoms with van der Waals surface area (Å²) in [4.78, 5) is 12.3. The Labute approximate surface area is 139 Å². The fourth-order valence-electron chi connectivity index (χ4n) is 3.70. The number of aliphatic hydroxyl groups excluding tert-OH is 1. The molecule has 0 aliphatic heterocycles. The first kappa shape index (κ1) is 18.2. The zero-order chi connectivity index (χ0) is 17.4. The van der Waals surface area contributed by atoms with Gasteiger partial charge in [0, 0.05) is 0 Å². The van der Waals surface area contributed by atoms with Gasteiger partial charge in [0.05, 0.1) is 5.60 Å². The summed E-state index contributed by atoms with van der Waals surface area (Å²) in [5.74, 6) is 0.604. The summed E-state index contributed by atoms with van der Waals surface area (Å²) in [6, 6.07) is 0. The van der Waals surface area contributed by atoms with E-state index < -0.39 is 11.7 Å². The van der Waals surface area contributed by atoms with E-state index in [-0.39, 0.29) is 11.2 Å². The Morgan fingerprint density at radius 3 is 2.48 bits per heavy atom. The number of hydrogen-bond acceptors (Lipinski definition) is 3. The van der Waals surface area contributed by atoms with Crippen molar-refractivity contribution in [1.29, 1.82) is 0 Å². The SMILES string of the molecule is C/C1=C\[C@H](O)C(=O)/C(C)=C/[C@@H]2[C@@H](CCC(C)(O)/C=C/C1)C2(C)C. The third-order valence-electron chi connectivity index (χ3n) is 5.55. The number of allylic oxidation sites excluding steroid dienone is 3. The van der Waals surface area contributed by atoms with Gasteiger partial charge in [-0.3, -0.25) is 4.79 Å². The van der Waals surface area contributed by atoms with Gasteiger partial charge >= 0.3 is 0 Å². The number of carbonyl (C=O) groups excluding carboxylic acids is 1. The summed E-state index contributed by atoms with van der Waals surface area (Å²) < 4.78 is 0. The van der Waals surface area contributed by atoms with Crippen LogP contribution in [0, 0.1) is 17.3 Å². The van der Waals surface area contributed by atoms with Crippen molar-refractivity contribution in [1.82, 2.24) is 0 Å². The fraction of sp³-hybridized carbons (Fsp3) is 0.650. The number of rotatable bonds is 0. The van der Waals surface area contributed by atoms with E-state index in [1.54, 1.807) is 13.0 Å². The molecule has 4 atom stereocenters. The van der Waals surface area contributed by atoms with Crippen molar-refractivity contribution in [2.24, 2.45) is 17.3 Å². The van der Waals surface area contributed by atoms with Crippen LogP contribution in [0.2, 0.25) is 0 Å². The van der Waals surface area contributed by atoms with Gasteiger partial charge in [-0.15, -0.1) is 0 Å². The van der Waals surface area contributed by atoms with Crippen molar-refractivity contribution >= 4 is 5.78 Å². The topological polar surface area (TPSA) is 57.5 Å². The van der Waals surface area contributed by atoms with Crippen molar-refractivity contribution in [3.63, 3.8) is 0 Å². The largest absolute Gasteiger partial charge is 0.386 e. The number of fused-ring (bicyclic) bond motifs is 1. The lowest BCUT2D eigenvalue weighted by molar-refractivity contribution is -0.121. The van der Waals surface area contributed by atoms with E-state index in [1.165, 1.54) is 0 Å². The Bertz CT molecular complexity index is 563. The Morgan fingerprint density at radius 2 is 1.83 bits per heavy atom. The molecule has 1 fully saturated rings. The number of aliphatic hydroxyl groups is 2. The predicted molar refractivity (Wildman–Crippen MR) is 92.9 cm³/mol. The van der Waals surface area contributed by atoms with Crippen molar-refractivity contribution < 1.29 is 15.0 Å². The Kier molecular flexibility index (Phi) is 5.03. The van der Waals surface area contributed by atoms with Gasteiger partial charge in [0.15, 0.2) is 5.78 Å². The van der Waals surface area contributed by atoms with Crippen molar-refractivity contribution in [2.45, 2.75) is 65.6 Å². The van der Waals surface area contributed by atoms with Crippen LogP contribution in [0.1, 0.15) is 53.9 Å². The number of hydrogen-bond donors (Lipinski definition) is 2. The van der Waals surface area contributed by atoms with E-state index in [9.17, 15) is 15.0 Å². The molecule has 3 nitrogen and oxygen atoms in total. The smallest absolute Gasteiger partial charge is 0.190 e. The molecule has 1 saturated carbocycles. The molecule has 0 aromatic carbocycles. The fourth-order valence-corrected chi connectivity index (χ4v) is 3.70. The highest BCUT2D eigenvalue weighted by molar-refractivity contribution is 5.99. The number of Topliss-reactive ketones (excluding diaryl/α,β-unsaturated/α-hetero) is 1. The van der Waals surface area contributed by atoms with E-state index in [1.807, 2.05) is 32.1 Å². The first-order chi connectivity index (χ1) is 10.5. The van der Waals surface area contributed by atoms with Crippen molar-refractivity contribution in [2.75, 3.05) is 0 Å². The van der Waals surface area contributed by atoms with Gasteiger partial charge < -0.3 is 10.2 Å². The predicted octanol–water partition coefficient (Wildman–Crippen LogP) is 3.57. The maximum absolute atomic E-state index is 12.3. The summed E-state index contributed by atoms with van der Waals surface area (Å²) in [6.45, 7) is 9.94. The first-order valence-corrected chi connectivity index (χ1v) is 8.52. The molecular formula is C20H30O3. The van der Waals surface area contributed by atoms with E-state index in [0.717, 1.165) is 18.4 Å². The standard InChI is InChI=1S/C20H30O3/c1-13-7-6-9-20(5,23)10-8-15-16(19(15,3)4)12-14(2)18(22)17(21)11-13/h6,9,11-12,15-17,21,23H,7-8,10H2,1-5H3/b9-6+,13-11+,14-12+/t15-,16-,17+,20?/m1/s1. The molecule has 0 radical (unpaired) electrons. The van der Waals surface area contributed by atoms with Gasteiger partial charge in [0.1, 0.15) is 6.10 Å². The normalized spacial score (nSPS) is 44.1. The molecule has 2 aliphatic carbocycles. The highest BCUT2D eigenvalue weighted by Gasteiger charge is 2.55. The minimum Gasteiger partial charge on any atom is -0.386 e. The Balaban J connectivity index is 2.30. The molecule has 0 heterocycles. The van der Waals surface area contributed by atoms with Crippen LogP contribution in [0.25, 0.3) is 0 Å². The van der Waals surface area contributed by atoms with Crippen molar-refractivity contribution in [3.05, 3.63) is 35.5 Å². The summed E-state index contributed by atoms with van der Waals surface area (Å²) in [5, 5.41) is 20.6. The van der Waals surface area contributed by atoms with Crippen molar-refractivity contribution in [3.8, 4) is 0 Å². The minimum absolute atomic E-state index is 0.151. The van der Waals surface area contributed by atoms with Crippen LogP contribution in [-0.2, 0) is 4.79 Å². The molecule has 3 heteroatoms. The summed E-state index contributed by atoms with van der Waals surface area (Å²) in [5.41, 5.74) is 0.910. The second kappa shape index (κ2) is 6.37. The average molecular weight is 318 g/mol. The minimum atomic E-state index is -1.08. The second-order valence-corrected chi connectivity index (χ2v) is 8.13. The summed E-state index contributed by atoms with van der Waals surface area (Å²) in [6.07, 6.45) is 8.60. The molecule has 2 aliphatic rings. The first-order valence-electron chi connectivity index (χ1n) is 8.52. The molecule has 2 N–H and O–H groups in total. The monoisotopic (exact) mass is 318 g/mol. The van der Waals surface area contributed by atoms with Crippen LogP contribution >= 0.6 is 0 Å². The second-order valence-electron chi connectivity index (χ2n) is 8.13. The van der Waals surface area contributed by atoms with E-state index in [0.29, 0.717) is 23.8 Å². The molecule has 1 unspecified atom stereocenters. The van der Waals surface area contributed by atoms with Gasteiger partial charge in [-0.1, -0.05) is 37.6 Å². The Morgan fingerprint density at radius 1 is 1.17 bits per heavy atom.